The number of esters is 1. The van der Waals surface area contributed by atoms with E-state index in [1.807, 2.05) is 0 Å². The van der Waals surface area contributed by atoms with Crippen LogP contribution in [0, 0.1) is 0 Å². The van der Waals surface area contributed by atoms with Crippen LogP contribution in [0.25, 0.3) is 0 Å². The Hall–Kier alpha value is -1.36. The Morgan fingerprint density at radius 1 is 1.29 bits per heavy atom. The van der Waals surface area contributed by atoms with Gasteiger partial charge in [0.1, 0.15) is 5.75 Å². The van der Waals surface area contributed by atoms with Crippen LogP contribution in [0.15, 0.2) is 24.3 Å². The minimum Gasteiger partial charge on any atom is -0.466 e. The topological polar surface area (TPSA) is 93.1 Å². The first-order chi connectivity index (χ1) is 7.90. The largest absolute Gasteiger partial charge is 0.524 e. The Bertz CT molecular complexity index is 421. The van der Waals surface area contributed by atoms with Crippen LogP contribution in [-0.4, -0.2) is 22.4 Å². The molecule has 6 nitrogen and oxygen atoms in total. The van der Waals surface area contributed by atoms with Gasteiger partial charge in [-0.1, -0.05) is 12.1 Å². The second-order valence-corrected chi connectivity index (χ2v) is 4.37. The third-order valence-electron chi connectivity index (χ3n) is 1.80. The molecule has 0 unspecified atom stereocenters. The number of ether oxygens (including phenoxy) is 1. The van der Waals surface area contributed by atoms with Gasteiger partial charge >= 0.3 is 13.8 Å². The summed E-state index contributed by atoms with van der Waals surface area (Å²) in [4.78, 5) is 28.3. The maximum absolute atomic E-state index is 11.1. The van der Waals surface area contributed by atoms with Crippen molar-refractivity contribution in [3.05, 3.63) is 29.8 Å². The van der Waals surface area contributed by atoms with Crippen LogP contribution < -0.4 is 4.52 Å². The summed E-state index contributed by atoms with van der Waals surface area (Å²) in [6.45, 7) is 2.03. The van der Waals surface area contributed by atoms with Gasteiger partial charge < -0.3 is 9.26 Å². The molecule has 1 aromatic carbocycles. The minimum atomic E-state index is -4.53. The summed E-state index contributed by atoms with van der Waals surface area (Å²) in [5, 5.41) is 0. The van der Waals surface area contributed by atoms with Crippen molar-refractivity contribution in [2.45, 2.75) is 13.3 Å². The smallest absolute Gasteiger partial charge is 0.466 e. The SMILES string of the molecule is CCOC(=O)Cc1ccc(OP(=O)(O)O)cc1. The molecule has 0 bridgehead atoms. The number of hydrogen-bond acceptors (Lipinski definition) is 4. The quantitative estimate of drug-likeness (QED) is 0.611. The van der Waals surface area contributed by atoms with Crippen LogP contribution in [0.2, 0.25) is 0 Å². The zero-order valence-electron chi connectivity index (χ0n) is 9.20. The fraction of sp³-hybridized carbons (Fsp3) is 0.300. The summed E-state index contributed by atoms with van der Waals surface area (Å²) in [5.41, 5.74) is 0.682. The Balaban J connectivity index is 2.62. The van der Waals surface area contributed by atoms with Crippen LogP contribution in [0.3, 0.4) is 0 Å². The highest BCUT2D eigenvalue weighted by molar-refractivity contribution is 7.46. The van der Waals surface area contributed by atoms with E-state index >= 15 is 0 Å². The highest BCUT2D eigenvalue weighted by atomic mass is 31.2. The normalized spacial score (nSPS) is 11.0. The summed E-state index contributed by atoms with van der Waals surface area (Å²) >= 11 is 0. The fourth-order valence-electron chi connectivity index (χ4n) is 1.18. The number of rotatable bonds is 5. The maximum Gasteiger partial charge on any atom is 0.524 e. The Labute approximate surface area is 98.4 Å². The number of phosphoric ester groups is 1. The van der Waals surface area contributed by atoms with Crippen molar-refractivity contribution in [1.29, 1.82) is 0 Å². The van der Waals surface area contributed by atoms with Gasteiger partial charge in [-0.3, -0.25) is 14.6 Å². The Kier molecular flexibility index (Phi) is 4.69. The fourth-order valence-corrected chi connectivity index (χ4v) is 1.58. The second-order valence-electron chi connectivity index (χ2n) is 3.21. The van der Waals surface area contributed by atoms with E-state index in [0.29, 0.717) is 12.2 Å². The third kappa shape index (κ3) is 5.49. The van der Waals surface area contributed by atoms with Gasteiger partial charge in [0.15, 0.2) is 0 Å². The molecule has 17 heavy (non-hydrogen) atoms. The lowest BCUT2D eigenvalue weighted by Gasteiger charge is -2.07. The van der Waals surface area contributed by atoms with Crippen molar-refractivity contribution in [2.24, 2.45) is 0 Å². The van der Waals surface area contributed by atoms with Crippen molar-refractivity contribution >= 4 is 13.8 Å². The average molecular weight is 260 g/mol. The zero-order valence-corrected chi connectivity index (χ0v) is 10.1. The molecule has 0 aromatic heterocycles. The monoisotopic (exact) mass is 260 g/mol. The van der Waals surface area contributed by atoms with E-state index in [-0.39, 0.29) is 18.1 Å². The van der Waals surface area contributed by atoms with Gasteiger partial charge in [0.2, 0.25) is 0 Å². The van der Waals surface area contributed by atoms with E-state index in [0.717, 1.165) is 0 Å². The van der Waals surface area contributed by atoms with E-state index in [1.165, 1.54) is 12.1 Å². The molecular formula is C10H13O6P. The molecule has 0 atom stereocenters. The number of carbonyl (C=O) groups excluding carboxylic acids is 1. The molecule has 0 fully saturated rings. The molecule has 0 aliphatic rings. The van der Waals surface area contributed by atoms with Crippen molar-refractivity contribution in [3.63, 3.8) is 0 Å². The van der Waals surface area contributed by atoms with Crippen molar-refractivity contribution in [2.75, 3.05) is 6.61 Å². The molecule has 0 radical (unpaired) electrons. The predicted octanol–water partition coefficient (Wildman–Crippen LogP) is 1.26. The molecule has 7 heteroatoms. The predicted molar refractivity (Wildman–Crippen MR) is 59.5 cm³/mol. The highest BCUT2D eigenvalue weighted by Gasteiger charge is 2.15. The lowest BCUT2D eigenvalue weighted by molar-refractivity contribution is -0.142. The molecule has 0 aliphatic carbocycles. The molecule has 2 N–H and O–H groups in total. The van der Waals surface area contributed by atoms with E-state index in [2.05, 4.69) is 4.52 Å². The standard InChI is InChI=1S/C10H13O6P/c1-2-15-10(11)7-8-3-5-9(6-4-8)16-17(12,13)14/h3-6H,2,7H2,1H3,(H2,12,13,14). The Morgan fingerprint density at radius 3 is 2.35 bits per heavy atom. The highest BCUT2D eigenvalue weighted by Crippen LogP contribution is 2.37. The zero-order chi connectivity index (χ0) is 12.9. The molecule has 0 saturated carbocycles. The van der Waals surface area contributed by atoms with Crippen LogP contribution in [0.5, 0.6) is 5.75 Å². The van der Waals surface area contributed by atoms with Crippen molar-refractivity contribution < 1.29 is 28.4 Å². The number of phosphoric acid groups is 1. The van der Waals surface area contributed by atoms with Gasteiger partial charge in [-0.25, -0.2) is 4.57 Å². The average Bonchev–Trinajstić information content (AvgIpc) is 2.19. The molecule has 0 saturated heterocycles. The first-order valence-corrected chi connectivity index (χ1v) is 6.43. The number of benzene rings is 1. The van der Waals surface area contributed by atoms with Crippen molar-refractivity contribution in [1.82, 2.24) is 0 Å². The van der Waals surface area contributed by atoms with Crippen LogP contribution in [-0.2, 0) is 20.5 Å². The van der Waals surface area contributed by atoms with Gasteiger partial charge in [0.25, 0.3) is 0 Å². The lowest BCUT2D eigenvalue weighted by Crippen LogP contribution is -2.07. The first-order valence-electron chi connectivity index (χ1n) is 4.90. The summed E-state index contributed by atoms with van der Waals surface area (Å²) in [6.07, 6.45) is 0.115. The van der Waals surface area contributed by atoms with Crippen LogP contribution in [0.1, 0.15) is 12.5 Å². The summed E-state index contributed by atoms with van der Waals surface area (Å²) in [5.74, 6) is -0.304. The molecule has 1 aromatic rings. The number of hydrogen-bond donors (Lipinski definition) is 2. The molecule has 1 rings (SSSR count). The summed E-state index contributed by atoms with van der Waals surface area (Å²) < 4.78 is 19.7. The van der Waals surface area contributed by atoms with Crippen LogP contribution >= 0.6 is 7.82 Å². The second kappa shape index (κ2) is 5.82. The molecule has 0 spiro atoms. The third-order valence-corrected chi connectivity index (χ3v) is 2.25. The lowest BCUT2D eigenvalue weighted by atomic mass is 10.1. The summed E-state index contributed by atoms with van der Waals surface area (Å²) in [6, 6.07) is 5.85. The molecule has 94 valence electrons. The van der Waals surface area contributed by atoms with Gasteiger partial charge in [0, 0.05) is 0 Å². The minimum absolute atomic E-state index is 0.0472. The van der Waals surface area contributed by atoms with Crippen LogP contribution in [0.4, 0.5) is 0 Å². The molecular weight excluding hydrogens is 247 g/mol. The van der Waals surface area contributed by atoms with Crippen molar-refractivity contribution in [3.8, 4) is 5.75 Å². The van der Waals surface area contributed by atoms with Gasteiger partial charge in [-0.2, -0.15) is 0 Å². The van der Waals surface area contributed by atoms with E-state index in [9.17, 15) is 9.36 Å². The molecule has 0 heterocycles. The van der Waals surface area contributed by atoms with Gasteiger partial charge in [0.05, 0.1) is 13.0 Å². The van der Waals surface area contributed by atoms with Gasteiger partial charge in [-0.15, -0.1) is 0 Å². The maximum atomic E-state index is 11.1. The van der Waals surface area contributed by atoms with E-state index in [1.54, 1.807) is 19.1 Å². The molecule has 0 aliphatic heterocycles. The van der Waals surface area contributed by atoms with E-state index in [4.69, 9.17) is 14.5 Å². The first kappa shape index (κ1) is 13.7. The summed E-state index contributed by atoms with van der Waals surface area (Å²) in [7, 11) is -4.53. The van der Waals surface area contributed by atoms with Gasteiger partial charge in [-0.05, 0) is 24.6 Å². The Morgan fingerprint density at radius 2 is 1.88 bits per heavy atom. The number of carbonyl (C=O) groups is 1. The molecule has 0 amide bonds. The van der Waals surface area contributed by atoms with E-state index < -0.39 is 7.82 Å².